The Hall–Kier alpha value is -2.98. The molecule has 2 rings (SSSR count). The molecule has 0 aliphatic rings. The van der Waals surface area contributed by atoms with E-state index in [0.717, 1.165) is 24.0 Å². The van der Waals surface area contributed by atoms with Gasteiger partial charge in [-0.2, -0.15) is 0 Å². The molecule has 118 valence electrons. The molecule has 0 spiro atoms. The van der Waals surface area contributed by atoms with Crippen LogP contribution in [0.1, 0.15) is 30.5 Å². The summed E-state index contributed by atoms with van der Waals surface area (Å²) in [6, 6.07) is 13.3. The molecule has 0 radical (unpaired) electrons. The van der Waals surface area contributed by atoms with Crippen LogP contribution in [0.5, 0.6) is 11.5 Å². The van der Waals surface area contributed by atoms with Crippen LogP contribution in [0, 0.1) is 30.0 Å². The molecule has 4 nitrogen and oxygen atoms in total. The number of benzene rings is 2. The van der Waals surface area contributed by atoms with Gasteiger partial charge in [0.05, 0.1) is 0 Å². The third-order valence-corrected chi connectivity index (χ3v) is 3.26. The number of rotatable bonds is 4. The van der Waals surface area contributed by atoms with E-state index in [0.29, 0.717) is 11.5 Å². The molecule has 0 saturated heterocycles. The molecule has 0 atom stereocenters. The third-order valence-electron chi connectivity index (χ3n) is 3.26. The van der Waals surface area contributed by atoms with E-state index in [-0.39, 0.29) is 0 Å². The number of ether oxygens (including phenoxy) is 2. The van der Waals surface area contributed by atoms with Crippen molar-refractivity contribution in [1.82, 2.24) is 0 Å². The van der Waals surface area contributed by atoms with Crippen molar-refractivity contribution >= 4 is 0 Å². The molecule has 0 saturated carbocycles. The topological polar surface area (TPSA) is 66.0 Å². The number of nitrogens with zero attached hydrogens (tertiary/aromatic N) is 2. The van der Waals surface area contributed by atoms with Crippen LogP contribution in [0.15, 0.2) is 42.5 Å². The van der Waals surface area contributed by atoms with E-state index in [9.17, 15) is 0 Å². The molecule has 0 aromatic heterocycles. The lowest BCUT2D eigenvalue weighted by Gasteiger charge is -2.03. The number of nitriles is 2. The first kappa shape index (κ1) is 18.1. The second-order valence-corrected chi connectivity index (χ2v) is 4.81. The first-order valence-electron chi connectivity index (χ1n) is 7.45. The molecule has 0 fully saturated rings. The minimum atomic E-state index is 0.664. The van der Waals surface area contributed by atoms with Crippen molar-refractivity contribution in [2.75, 3.05) is 0 Å². The smallest absolute Gasteiger partial charge is 0.292 e. The van der Waals surface area contributed by atoms with E-state index in [1.807, 2.05) is 57.2 Å². The lowest BCUT2D eigenvalue weighted by atomic mass is 10.1. The summed E-state index contributed by atoms with van der Waals surface area (Å²) >= 11 is 0. The molecule has 2 aromatic rings. The average molecular weight is 308 g/mol. The predicted molar refractivity (Wildman–Crippen MR) is 88.9 cm³/mol. The zero-order valence-electron chi connectivity index (χ0n) is 13.7. The van der Waals surface area contributed by atoms with Crippen molar-refractivity contribution in [3.8, 4) is 24.0 Å². The maximum Gasteiger partial charge on any atom is 0.292 e. The van der Waals surface area contributed by atoms with Crippen LogP contribution >= 0.6 is 0 Å². The fourth-order valence-corrected chi connectivity index (χ4v) is 2.08. The Labute approximate surface area is 137 Å². The first-order chi connectivity index (χ1) is 11.2. The van der Waals surface area contributed by atoms with Crippen molar-refractivity contribution in [3.05, 3.63) is 59.2 Å². The largest absolute Gasteiger partial charge is 0.388 e. The van der Waals surface area contributed by atoms with Gasteiger partial charge in [0, 0.05) is 0 Å². The Kier molecular flexibility index (Phi) is 7.75. The van der Waals surface area contributed by atoms with Gasteiger partial charge in [0.15, 0.2) is 0 Å². The fourth-order valence-electron chi connectivity index (χ4n) is 2.08. The molecular formula is C19H20N2O2. The molecule has 0 bridgehead atoms. The van der Waals surface area contributed by atoms with E-state index in [1.165, 1.54) is 5.56 Å². The monoisotopic (exact) mass is 308 g/mol. The molecular weight excluding hydrogens is 288 g/mol. The Balaban J connectivity index is 0.000000231. The van der Waals surface area contributed by atoms with Gasteiger partial charge in [0.25, 0.3) is 12.5 Å². The summed E-state index contributed by atoms with van der Waals surface area (Å²) in [6.07, 6.45) is 5.11. The van der Waals surface area contributed by atoms with E-state index < -0.39 is 0 Å². The van der Waals surface area contributed by atoms with Gasteiger partial charge < -0.3 is 9.47 Å². The Bertz CT molecular complexity index is 712. The van der Waals surface area contributed by atoms with Gasteiger partial charge in [-0.1, -0.05) is 49.7 Å². The zero-order valence-corrected chi connectivity index (χ0v) is 13.7. The maximum absolute atomic E-state index is 8.34. The van der Waals surface area contributed by atoms with Gasteiger partial charge in [0.2, 0.25) is 0 Å². The minimum Gasteiger partial charge on any atom is -0.388 e. The number of para-hydroxylation sites is 1. The average Bonchev–Trinajstić information content (AvgIpc) is 2.58. The second-order valence-electron chi connectivity index (χ2n) is 4.81. The van der Waals surface area contributed by atoms with Gasteiger partial charge in [-0.15, -0.1) is 10.5 Å². The molecule has 0 heterocycles. The highest BCUT2D eigenvalue weighted by molar-refractivity contribution is 5.37. The van der Waals surface area contributed by atoms with Crippen LogP contribution in [0.25, 0.3) is 0 Å². The summed E-state index contributed by atoms with van der Waals surface area (Å²) in [4.78, 5) is 0. The Morgan fingerprint density at radius 3 is 1.96 bits per heavy atom. The fraction of sp³-hybridized carbons (Fsp3) is 0.263. The molecule has 23 heavy (non-hydrogen) atoms. The second kappa shape index (κ2) is 9.87. The van der Waals surface area contributed by atoms with Crippen LogP contribution in [0.4, 0.5) is 0 Å². The molecule has 0 aliphatic carbocycles. The molecule has 0 amide bonds. The van der Waals surface area contributed by atoms with Gasteiger partial charge >= 0.3 is 0 Å². The molecule has 0 N–H and O–H groups in total. The van der Waals surface area contributed by atoms with Gasteiger partial charge in [-0.05, 0) is 43.0 Å². The van der Waals surface area contributed by atoms with Crippen molar-refractivity contribution in [1.29, 1.82) is 10.5 Å². The SMILES string of the molecule is CCc1cc(C)ccc1OC#N.CCc1ccccc1OC#N. The quantitative estimate of drug-likeness (QED) is 0.778. The molecule has 4 heteroatoms. The van der Waals surface area contributed by atoms with Crippen LogP contribution in [0.2, 0.25) is 0 Å². The zero-order chi connectivity index (χ0) is 17.1. The minimum absolute atomic E-state index is 0.664. The summed E-state index contributed by atoms with van der Waals surface area (Å²) < 4.78 is 9.52. The Morgan fingerprint density at radius 2 is 1.39 bits per heavy atom. The number of hydrogen-bond acceptors (Lipinski definition) is 4. The van der Waals surface area contributed by atoms with Crippen molar-refractivity contribution in [2.24, 2.45) is 0 Å². The highest BCUT2D eigenvalue weighted by Crippen LogP contribution is 2.20. The highest BCUT2D eigenvalue weighted by atomic mass is 16.5. The van der Waals surface area contributed by atoms with Crippen LogP contribution in [-0.2, 0) is 12.8 Å². The highest BCUT2D eigenvalue weighted by Gasteiger charge is 2.01. The lowest BCUT2D eigenvalue weighted by Crippen LogP contribution is -1.90. The summed E-state index contributed by atoms with van der Waals surface area (Å²) in [5.41, 5.74) is 3.34. The number of hydrogen-bond donors (Lipinski definition) is 0. The summed E-state index contributed by atoms with van der Waals surface area (Å²) in [5.74, 6) is 1.34. The van der Waals surface area contributed by atoms with Crippen molar-refractivity contribution in [2.45, 2.75) is 33.6 Å². The standard InChI is InChI=1S/C10H11NO.C9H9NO/c1-3-9-6-8(2)4-5-10(9)12-7-11;1-2-8-5-3-4-6-9(8)11-7-10/h4-6H,3H2,1-2H3;3-6H,2H2,1H3. The lowest BCUT2D eigenvalue weighted by molar-refractivity contribution is 0.500. The van der Waals surface area contributed by atoms with Crippen molar-refractivity contribution in [3.63, 3.8) is 0 Å². The summed E-state index contributed by atoms with van der Waals surface area (Å²) in [7, 11) is 0. The normalized spacial score (nSPS) is 8.91. The first-order valence-corrected chi connectivity index (χ1v) is 7.45. The molecule has 0 aliphatic heterocycles. The van der Waals surface area contributed by atoms with Gasteiger partial charge in [0.1, 0.15) is 11.5 Å². The maximum atomic E-state index is 8.34. The molecule has 2 aromatic carbocycles. The Morgan fingerprint density at radius 1 is 0.826 bits per heavy atom. The van der Waals surface area contributed by atoms with Crippen molar-refractivity contribution < 1.29 is 9.47 Å². The summed E-state index contributed by atoms with van der Waals surface area (Å²) in [5, 5.41) is 16.6. The van der Waals surface area contributed by atoms with Crippen LogP contribution < -0.4 is 9.47 Å². The number of aryl methyl sites for hydroxylation is 3. The predicted octanol–water partition coefficient (Wildman–Crippen LogP) is 4.53. The third kappa shape index (κ3) is 5.73. The van der Waals surface area contributed by atoms with Crippen LogP contribution in [-0.4, -0.2) is 0 Å². The van der Waals surface area contributed by atoms with Gasteiger partial charge in [-0.25, -0.2) is 0 Å². The van der Waals surface area contributed by atoms with Crippen LogP contribution in [0.3, 0.4) is 0 Å². The van der Waals surface area contributed by atoms with E-state index in [1.54, 1.807) is 18.6 Å². The van der Waals surface area contributed by atoms with E-state index in [4.69, 9.17) is 20.0 Å². The van der Waals surface area contributed by atoms with E-state index >= 15 is 0 Å². The van der Waals surface area contributed by atoms with Gasteiger partial charge in [-0.3, -0.25) is 0 Å². The molecule has 0 unspecified atom stereocenters. The van der Waals surface area contributed by atoms with E-state index in [2.05, 4.69) is 0 Å². The summed E-state index contributed by atoms with van der Waals surface area (Å²) in [6.45, 7) is 6.09.